The molecule has 2 aliphatic rings. The molecule has 1 aliphatic carbocycles. The minimum atomic E-state index is 0.197. The van der Waals surface area contributed by atoms with Crippen LogP contribution in [0.4, 0.5) is 0 Å². The van der Waals surface area contributed by atoms with Gasteiger partial charge in [-0.2, -0.15) is 0 Å². The predicted molar refractivity (Wildman–Crippen MR) is 87.9 cm³/mol. The Morgan fingerprint density at radius 1 is 1.24 bits per heavy atom. The molecule has 1 amide bonds. The monoisotopic (exact) mass is 304 g/mol. The highest BCUT2D eigenvalue weighted by Crippen LogP contribution is 2.30. The van der Waals surface area contributed by atoms with Gasteiger partial charge in [-0.3, -0.25) is 4.79 Å². The van der Waals surface area contributed by atoms with Crippen LogP contribution >= 0.6 is 11.8 Å². The van der Waals surface area contributed by atoms with Crippen molar-refractivity contribution < 1.29 is 4.79 Å². The predicted octanol–water partition coefficient (Wildman–Crippen LogP) is 3.01. The van der Waals surface area contributed by atoms with E-state index in [0.717, 1.165) is 31.1 Å². The lowest BCUT2D eigenvalue weighted by Crippen LogP contribution is -2.42. The van der Waals surface area contributed by atoms with Gasteiger partial charge in [0.1, 0.15) is 0 Å². The zero-order valence-electron chi connectivity index (χ0n) is 12.7. The van der Waals surface area contributed by atoms with Gasteiger partial charge >= 0.3 is 0 Å². The van der Waals surface area contributed by atoms with Crippen LogP contribution in [0.5, 0.6) is 0 Å². The molecule has 4 heteroatoms. The number of hydrogen-bond acceptors (Lipinski definition) is 3. The van der Waals surface area contributed by atoms with Crippen molar-refractivity contribution in [3.8, 4) is 0 Å². The van der Waals surface area contributed by atoms with Gasteiger partial charge in [0.05, 0.1) is 0 Å². The largest absolute Gasteiger partial charge is 0.337 e. The smallest absolute Gasteiger partial charge is 0.253 e. The summed E-state index contributed by atoms with van der Waals surface area (Å²) in [5.74, 6) is 0.934. The average molecular weight is 304 g/mol. The fourth-order valence-electron chi connectivity index (χ4n) is 2.95. The molecule has 114 valence electrons. The summed E-state index contributed by atoms with van der Waals surface area (Å²) in [7, 11) is 0. The van der Waals surface area contributed by atoms with Crippen molar-refractivity contribution in [1.82, 2.24) is 10.2 Å². The third-order valence-corrected chi connectivity index (χ3v) is 5.15. The Morgan fingerprint density at radius 2 is 2.00 bits per heavy atom. The van der Waals surface area contributed by atoms with Gasteiger partial charge in [0.25, 0.3) is 5.91 Å². The van der Waals surface area contributed by atoms with Crippen LogP contribution < -0.4 is 5.32 Å². The number of nitrogens with zero attached hydrogens (tertiary/aromatic N) is 1. The Bertz CT molecular complexity index is 478. The van der Waals surface area contributed by atoms with E-state index in [2.05, 4.69) is 16.5 Å². The molecule has 3 rings (SSSR count). The molecule has 3 nitrogen and oxygen atoms in total. The van der Waals surface area contributed by atoms with Crippen LogP contribution in [0.1, 0.15) is 36.0 Å². The van der Waals surface area contributed by atoms with Crippen LogP contribution in [-0.4, -0.2) is 42.7 Å². The Labute approximate surface area is 131 Å². The highest BCUT2D eigenvalue weighted by Gasteiger charge is 2.29. The first kappa shape index (κ1) is 14.9. The first-order valence-electron chi connectivity index (χ1n) is 7.93. The molecule has 1 atom stereocenters. The van der Waals surface area contributed by atoms with Crippen molar-refractivity contribution in [2.45, 2.75) is 36.6 Å². The summed E-state index contributed by atoms with van der Waals surface area (Å²) in [5.41, 5.74) is 0.825. The maximum absolute atomic E-state index is 12.8. The number of amides is 1. The van der Waals surface area contributed by atoms with Crippen molar-refractivity contribution in [3.63, 3.8) is 0 Å². The molecule has 1 N–H and O–H groups in total. The van der Waals surface area contributed by atoms with Gasteiger partial charge in [-0.05, 0) is 68.7 Å². The standard InChI is InChI=1S/C17H24N2OS/c1-21-16-8-6-14(7-9-16)17(20)19(11-13-4-5-13)12-15-3-2-10-18-15/h6-9,13,15,18H,2-5,10-12H2,1H3. The van der Waals surface area contributed by atoms with Crippen LogP contribution in [0, 0.1) is 5.92 Å². The average Bonchev–Trinajstić information content (AvgIpc) is 3.19. The molecule has 1 unspecified atom stereocenters. The number of benzene rings is 1. The van der Waals surface area contributed by atoms with E-state index in [1.54, 1.807) is 11.8 Å². The lowest BCUT2D eigenvalue weighted by molar-refractivity contribution is 0.0733. The molecule has 0 aromatic heterocycles. The van der Waals surface area contributed by atoms with Crippen molar-refractivity contribution in [2.75, 3.05) is 25.9 Å². The summed E-state index contributed by atoms with van der Waals surface area (Å²) in [4.78, 5) is 16.1. The highest BCUT2D eigenvalue weighted by atomic mass is 32.2. The summed E-state index contributed by atoms with van der Waals surface area (Å²) in [6, 6.07) is 8.51. The Balaban J connectivity index is 1.68. The lowest BCUT2D eigenvalue weighted by atomic mass is 10.1. The summed E-state index contributed by atoms with van der Waals surface area (Å²) in [6.45, 7) is 2.89. The van der Waals surface area contributed by atoms with Crippen molar-refractivity contribution in [2.24, 2.45) is 5.92 Å². The van der Waals surface area contributed by atoms with E-state index in [9.17, 15) is 4.79 Å². The van der Waals surface area contributed by atoms with E-state index in [1.165, 1.54) is 30.6 Å². The minimum Gasteiger partial charge on any atom is -0.337 e. The SMILES string of the molecule is CSc1ccc(C(=O)N(CC2CC2)CC2CCCN2)cc1. The molecule has 2 fully saturated rings. The van der Waals surface area contributed by atoms with Crippen LogP contribution in [0.3, 0.4) is 0 Å². The second kappa shape index (κ2) is 6.84. The highest BCUT2D eigenvalue weighted by molar-refractivity contribution is 7.98. The molecule has 1 aromatic rings. The fraction of sp³-hybridized carbons (Fsp3) is 0.588. The van der Waals surface area contributed by atoms with E-state index < -0.39 is 0 Å². The van der Waals surface area contributed by atoms with E-state index in [1.807, 2.05) is 24.3 Å². The van der Waals surface area contributed by atoms with Crippen LogP contribution in [-0.2, 0) is 0 Å². The van der Waals surface area contributed by atoms with Crippen LogP contribution in [0.25, 0.3) is 0 Å². The molecule has 1 heterocycles. The van der Waals surface area contributed by atoms with Crippen LogP contribution in [0.2, 0.25) is 0 Å². The third-order valence-electron chi connectivity index (χ3n) is 4.40. The first-order valence-corrected chi connectivity index (χ1v) is 9.15. The fourth-order valence-corrected chi connectivity index (χ4v) is 3.36. The van der Waals surface area contributed by atoms with E-state index >= 15 is 0 Å². The molecule has 1 aliphatic heterocycles. The maximum Gasteiger partial charge on any atom is 0.253 e. The summed E-state index contributed by atoms with van der Waals surface area (Å²) < 4.78 is 0. The Hall–Kier alpha value is -1.00. The second-order valence-electron chi connectivity index (χ2n) is 6.18. The van der Waals surface area contributed by atoms with Gasteiger partial charge in [-0.1, -0.05) is 0 Å². The lowest BCUT2D eigenvalue weighted by Gasteiger charge is -2.26. The Kier molecular flexibility index (Phi) is 4.86. The number of carbonyl (C=O) groups is 1. The van der Waals surface area contributed by atoms with E-state index in [4.69, 9.17) is 0 Å². The zero-order chi connectivity index (χ0) is 14.7. The second-order valence-corrected chi connectivity index (χ2v) is 7.05. The summed E-state index contributed by atoms with van der Waals surface area (Å²) in [5, 5.41) is 3.51. The molecule has 0 bridgehead atoms. The first-order chi connectivity index (χ1) is 10.3. The molecule has 0 radical (unpaired) electrons. The molecular formula is C17H24N2OS. The number of nitrogens with one attached hydrogen (secondary N) is 1. The van der Waals surface area contributed by atoms with Crippen molar-refractivity contribution >= 4 is 17.7 Å². The van der Waals surface area contributed by atoms with Gasteiger partial charge in [0.2, 0.25) is 0 Å². The summed E-state index contributed by atoms with van der Waals surface area (Å²) >= 11 is 1.71. The van der Waals surface area contributed by atoms with Crippen molar-refractivity contribution in [3.05, 3.63) is 29.8 Å². The molecule has 1 saturated heterocycles. The van der Waals surface area contributed by atoms with E-state index in [-0.39, 0.29) is 5.91 Å². The van der Waals surface area contributed by atoms with Crippen LogP contribution in [0.15, 0.2) is 29.2 Å². The quantitative estimate of drug-likeness (QED) is 0.820. The molecule has 0 spiro atoms. The van der Waals surface area contributed by atoms with E-state index in [0.29, 0.717) is 6.04 Å². The summed E-state index contributed by atoms with van der Waals surface area (Å²) in [6.07, 6.45) is 7.06. The van der Waals surface area contributed by atoms with Crippen molar-refractivity contribution in [1.29, 1.82) is 0 Å². The Morgan fingerprint density at radius 3 is 2.57 bits per heavy atom. The molecule has 21 heavy (non-hydrogen) atoms. The van der Waals surface area contributed by atoms with Gasteiger partial charge < -0.3 is 10.2 Å². The zero-order valence-corrected chi connectivity index (χ0v) is 13.5. The molecular weight excluding hydrogens is 280 g/mol. The van der Waals surface area contributed by atoms with Gasteiger partial charge in [0.15, 0.2) is 0 Å². The van der Waals surface area contributed by atoms with Gasteiger partial charge in [0, 0.05) is 29.6 Å². The third kappa shape index (κ3) is 4.01. The normalized spacial score (nSPS) is 21.5. The number of hydrogen-bond donors (Lipinski definition) is 1. The van der Waals surface area contributed by atoms with Gasteiger partial charge in [-0.25, -0.2) is 0 Å². The number of thioether (sulfide) groups is 1. The number of rotatable bonds is 6. The molecule has 1 saturated carbocycles. The maximum atomic E-state index is 12.8. The number of carbonyl (C=O) groups excluding carboxylic acids is 1. The minimum absolute atomic E-state index is 0.197. The van der Waals surface area contributed by atoms with Gasteiger partial charge in [-0.15, -0.1) is 11.8 Å². The molecule has 1 aromatic carbocycles. The topological polar surface area (TPSA) is 32.3 Å².